The number of morpholine rings is 1. The van der Waals surface area contributed by atoms with E-state index in [0.717, 1.165) is 0 Å². The summed E-state index contributed by atoms with van der Waals surface area (Å²) in [6.45, 7) is 3.75. The van der Waals surface area contributed by atoms with Crippen molar-refractivity contribution in [1.82, 2.24) is 10.2 Å². The summed E-state index contributed by atoms with van der Waals surface area (Å²) >= 11 is 0. The fraction of sp³-hybridized carbons (Fsp3) is 0.429. The third kappa shape index (κ3) is 3.27. The molecule has 0 aromatic heterocycles. The lowest BCUT2D eigenvalue weighted by molar-refractivity contribution is -0.136. The molecule has 1 aliphatic rings. The molecule has 0 spiro atoms. The third-order valence-corrected chi connectivity index (χ3v) is 3.19. The number of phenolic OH excluding ortho intramolecular Hbond substituents is 1. The second kappa shape index (κ2) is 6.38. The molecule has 1 aromatic rings. The number of nitrogens with one attached hydrogen (secondary N) is 1. The molecule has 2 N–H and O–H groups in total. The topological polar surface area (TPSA) is 78.9 Å². The van der Waals surface area contributed by atoms with Crippen LogP contribution in [0.25, 0.3) is 0 Å². The molecule has 1 saturated heterocycles. The van der Waals surface area contributed by atoms with E-state index in [1.54, 1.807) is 24.0 Å². The van der Waals surface area contributed by atoms with Crippen LogP contribution in [-0.2, 0) is 9.53 Å². The van der Waals surface area contributed by atoms with Gasteiger partial charge in [0.25, 0.3) is 5.91 Å². The number of rotatable bonds is 3. The smallest absolute Gasteiger partial charge is 0.255 e. The Hall–Kier alpha value is -2.08. The van der Waals surface area contributed by atoms with E-state index in [1.807, 2.05) is 0 Å². The van der Waals surface area contributed by atoms with E-state index in [1.165, 1.54) is 12.1 Å². The molecule has 6 nitrogen and oxygen atoms in total. The zero-order valence-corrected chi connectivity index (χ0v) is 11.3. The molecular weight excluding hydrogens is 260 g/mol. The quantitative estimate of drug-likeness (QED) is 0.837. The van der Waals surface area contributed by atoms with Gasteiger partial charge >= 0.3 is 0 Å². The highest BCUT2D eigenvalue weighted by molar-refractivity contribution is 5.99. The molecule has 6 heteroatoms. The summed E-state index contributed by atoms with van der Waals surface area (Å²) in [7, 11) is 0. The molecule has 108 valence electrons. The van der Waals surface area contributed by atoms with Crippen molar-refractivity contribution >= 4 is 11.8 Å². The Morgan fingerprint density at radius 2 is 1.95 bits per heavy atom. The summed E-state index contributed by atoms with van der Waals surface area (Å²) < 4.78 is 5.18. The van der Waals surface area contributed by atoms with Gasteiger partial charge in [0, 0.05) is 13.1 Å². The lowest BCUT2D eigenvalue weighted by Crippen LogP contribution is -2.50. The number of aromatic hydroxyl groups is 1. The molecule has 0 saturated carbocycles. The van der Waals surface area contributed by atoms with Crippen LogP contribution in [0, 0.1) is 0 Å². The second-order valence-corrected chi connectivity index (χ2v) is 4.65. The lowest BCUT2D eigenvalue weighted by Gasteiger charge is -2.29. The third-order valence-electron chi connectivity index (χ3n) is 3.19. The first-order valence-electron chi connectivity index (χ1n) is 6.55. The zero-order chi connectivity index (χ0) is 14.5. The summed E-state index contributed by atoms with van der Waals surface area (Å²) in [6, 6.07) is 5.59. The number of phenols is 1. The van der Waals surface area contributed by atoms with Crippen molar-refractivity contribution in [2.24, 2.45) is 0 Å². The molecular formula is C14H18N2O4. The predicted molar refractivity (Wildman–Crippen MR) is 72.4 cm³/mol. The highest BCUT2D eigenvalue weighted by Crippen LogP contribution is 2.15. The average Bonchev–Trinajstić information content (AvgIpc) is 2.47. The molecule has 2 amide bonds. The van der Waals surface area contributed by atoms with Gasteiger partial charge in [0.05, 0.1) is 18.8 Å². The zero-order valence-electron chi connectivity index (χ0n) is 11.3. The highest BCUT2D eigenvalue weighted by Gasteiger charge is 2.24. The van der Waals surface area contributed by atoms with Crippen molar-refractivity contribution in [2.75, 3.05) is 26.3 Å². The molecule has 20 heavy (non-hydrogen) atoms. The van der Waals surface area contributed by atoms with Gasteiger partial charge in [-0.25, -0.2) is 0 Å². The number of ether oxygens (including phenoxy) is 1. The van der Waals surface area contributed by atoms with Gasteiger partial charge in [-0.05, 0) is 19.1 Å². The number of hydrogen-bond acceptors (Lipinski definition) is 4. The molecule has 0 radical (unpaired) electrons. The Labute approximate surface area is 117 Å². The first-order valence-corrected chi connectivity index (χ1v) is 6.55. The summed E-state index contributed by atoms with van der Waals surface area (Å²) in [5.41, 5.74) is 0.161. The number of para-hydroxylation sites is 1. The van der Waals surface area contributed by atoms with Crippen molar-refractivity contribution in [1.29, 1.82) is 0 Å². The van der Waals surface area contributed by atoms with Crippen molar-refractivity contribution < 1.29 is 19.4 Å². The van der Waals surface area contributed by atoms with Gasteiger partial charge in [0.15, 0.2) is 0 Å². The minimum absolute atomic E-state index is 0.101. The first-order chi connectivity index (χ1) is 9.59. The van der Waals surface area contributed by atoms with Crippen LogP contribution >= 0.6 is 0 Å². The van der Waals surface area contributed by atoms with E-state index in [9.17, 15) is 14.7 Å². The van der Waals surface area contributed by atoms with E-state index in [2.05, 4.69) is 5.32 Å². The lowest BCUT2D eigenvalue weighted by atomic mass is 10.1. The minimum Gasteiger partial charge on any atom is -0.507 e. The number of nitrogens with zero attached hydrogens (tertiary/aromatic N) is 1. The Bertz CT molecular complexity index is 498. The van der Waals surface area contributed by atoms with Gasteiger partial charge in [-0.1, -0.05) is 12.1 Å². The van der Waals surface area contributed by atoms with Gasteiger partial charge in [-0.3, -0.25) is 9.59 Å². The SMILES string of the molecule is CC(NC(=O)c1ccccc1O)C(=O)N1CCOCC1. The van der Waals surface area contributed by atoms with Gasteiger partial charge in [-0.15, -0.1) is 0 Å². The average molecular weight is 278 g/mol. The normalized spacial score (nSPS) is 16.6. The van der Waals surface area contributed by atoms with Crippen molar-refractivity contribution in [3.63, 3.8) is 0 Å². The number of amides is 2. The van der Waals surface area contributed by atoms with Crippen molar-refractivity contribution in [3.8, 4) is 5.75 Å². The molecule has 2 rings (SSSR count). The summed E-state index contributed by atoms with van der Waals surface area (Å²) in [6.07, 6.45) is 0. The van der Waals surface area contributed by atoms with Crippen LogP contribution in [0.3, 0.4) is 0 Å². The van der Waals surface area contributed by atoms with Gasteiger partial charge < -0.3 is 20.1 Å². The molecule has 1 aromatic carbocycles. The fourth-order valence-corrected chi connectivity index (χ4v) is 2.06. The summed E-state index contributed by atoms with van der Waals surface area (Å²) in [4.78, 5) is 25.8. The van der Waals surface area contributed by atoms with Crippen LogP contribution in [0.2, 0.25) is 0 Å². The van der Waals surface area contributed by atoms with Crippen LogP contribution in [0.15, 0.2) is 24.3 Å². The molecule has 0 aliphatic carbocycles. The van der Waals surface area contributed by atoms with Crippen LogP contribution in [-0.4, -0.2) is 54.2 Å². The van der Waals surface area contributed by atoms with Crippen LogP contribution in [0.4, 0.5) is 0 Å². The van der Waals surface area contributed by atoms with E-state index in [4.69, 9.17) is 4.74 Å². The molecule has 0 bridgehead atoms. The van der Waals surface area contributed by atoms with E-state index >= 15 is 0 Å². The molecule has 1 unspecified atom stereocenters. The monoisotopic (exact) mass is 278 g/mol. The maximum atomic E-state index is 12.1. The van der Waals surface area contributed by atoms with Crippen LogP contribution in [0.5, 0.6) is 5.75 Å². The summed E-state index contributed by atoms with van der Waals surface area (Å²) in [5.74, 6) is -0.703. The van der Waals surface area contributed by atoms with E-state index in [-0.39, 0.29) is 17.2 Å². The maximum absolute atomic E-state index is 12.1. The number of carbonyl (C=O) groups excluding carboxylic acids is 2. The fourth-order valence-electron chi connectivity index (χ4n) is 2.06. The van der Waals surface area contributed by atoms with Gasteiger partial charge in [0.1, 0.15) is 11.8 Å². The van der Waals surface area contributed by atoms with Crippen molar-refractivity contribution in [2.45, 2.75) is 13.0 Å². The standard InChI is InChI=1S/C14H18N2O4/c1-10(14(19)16-6-8-20-9-7-16)15-13(18)11-4-2-3-5-12(11)17/h2-5,10,17H,6-9H2,1H3,(H,15,18). The molecule has 1 fully saturated rings. The van der Waals surface area contributed by atoms with Gasteiger partial charge in [-0.2, -0.15) is 0 Å². The molecule has 1 aliphatic heterocycles. The van der Waals surface area contributed by atoms with Gasteiger partial charge in [0.2, 0.25) is 5.91 Å². The van der Waals surface area contributed by atoms with Crippen LogP contribution in [0.1, 0.15) is 17.3 Å². The first kappa shape index (κ1) is 14.3. The minimum atomic E-state index is -0.639. The number of carbonyl (C=O) groups is 2. The van der Waals surface area contributed by atoms with E-state index < -0.39 is 11.9 Å². The van der Waals surface area contributed by atoms with Crippen molar-refractivity contribution in [3.05, 3.63) is 29.8 Å². The largest absolute Gasteiger partial charge is 0.507 e. The summed E-state index contributed by atoms with van der Waals surface area (Å²) in [5, 5.41) is 12.2. The number of benzene rings is 1. The highest BCUT2D eigenvalue weighted by atomic mass is 16.5. The Balaban J connectivity index is 1.97. The van der Waals surface area contributed by atoms with Crippen LogP contribution < -0.4 is 5.32 Å². The molecule has 1 heterocycles. The maximum Gasteiger partial charge on any atom is 0.255 e. The Morgan fingerprint density at radius 3 is 2.60 bits per heavy atom. The number of hydrogen-bond donors (Lipinski definition) is 2. The Kier molecular flexibility index (Phi) is 4.57. The Morgan fingerprint density at radius 1 is 1.30 bits per heavy atom. The molecule has 1 atom stereocenters. The second-order valence-electron chi connectivity index (χ2n) is 4.65. The predicted octanol–water partition coefficient (Wildman–Crippen LogP) is 0.369. The van der Waals surface area contributed by atoms with E-state index in [0.29, 0.717) is 26.3 Å².